The number of amides is 1. The zero-order chi connectivity index (χ0) is 15.7. The van der Waals surface area contributed by atoms with Crippen LogP contribution in [0.25, 0.3) is 5.13 Å². The van der Waals surface area contributed by atoms with Crippen molar-refractivity contribution in [2.24, 2.45) is 5.92 Å². The fourth-order valence-electron chi connectivity index (χ4n) is 2.97. The van der Waals surface area contributed by atoms with Crippen LogP contribution in [-0.2, 0) is 4.79 Å². The molecule has 1 N–H and O–H groups in total. The Morgan fingerprint density at radius 1 is 1.27 bits per heavy atom. The molecule has 1 fully saturated rings. The van der Waals surface area contributed by atoms with E-state index in [2.05, 4.69) is 51.0 Å². The molecular weight excluding hydrogens is 298 g/mol. The lowest BCUT2D eigenvalue weighted by Crippen LogP contribution is -2.42. The lowest BCUT2D eigenvalue weighted by molar-refractivity contribution is -0.124. The lowest BCUT2D eigenvalue weighted by Gasteiger charge is -2.31. The van der Waals surface area contributed by atoms with Crippen LogP contribution in [-0.4, -0.2) is 40.8 Å². The average Bonchev–Trinajstić information content (AvgIpc) is 3.13. The number of anilines is 1. The SMILES string of the molecule is CNC(=O)[C@@H]1CCCN(c2nnc(-n3c(C)ccc3C)s2)C1. The fourth-order valence-corrected chi connectivity index (χ4v) is 3.97. The smallest absolute Gasteiger partial charge is 0.224 e. The monoisotopic (exact) mass is 319 g/mol. The molecule has 1 atom stereocenters. The summed E-state index contributed by atoms with van der Waals surface area (Å²) in [6.45, 7) is 5.79. The summed E-state index contributed by atoms with van der Waals surface area (Å²) in [5, 5.41) is 13.2. The van der Waals surface area contributed by atoms with Crippen LogP contribution in [0.15, 0.2) is 12.1 Å². The van der Waals surface area contributed by atoms with E-state index in [0.717, 1.165) is 47.6 Å². The number of aromatic nitrogens is 3. The molecule has 0 saturated carbocycles. The Kier molecular flexibility index (Phi) is 4.15. The number of hydrogen-bond donors (Lipinski definition) is 1. The molecule has 118 valence electrons. The standard InChI is InChI=1S/C15H21N5OS/c1-10-6-7-11(2)20(10)15-18-17-14(22-15)19-8-4-5-12(9-19)13(21)16-3/h6-7,12H,4-5,8-9H2,1-3H3,(H,16,21)/t12-/m1/s1. The van der Waals surface area contributed by atoms with Gasteiger partial charge in [0.25, 0.3) is 0 Å². The van der Waals surface area contributed by atoms with Crippen molar-refractivity contribution in [3.05, 3.63) is 23.5 Å². The van der Waals surface area contributed by atoms with Gasteiger partial charge in [-0.2, -0.15) is 0 Å². The maximum absolute atomic E-state index is 11.9. The number of nitrogens with zero attached hydrogens (tertiary/aromatic N) is 4. The van der Waals surface area contributed by atoms with E-state index in [1.807, 2.05) is 0 Å². The highest BCUT2D eigenvalue weighted by Crippen LogP contribution is 2.29. The van der Waals surface area contributed by atoms with Crippen molar-refractivity contribution in [1.29, 1.82) is 0 Å². The van der Waals surface area contributed by atoms with Crippen LogP contribution in [0.3, 0.4) is 0 Å². The highest BCUT2D eigenvalue weighted by molar-refractivity contribution is 7.17. The van der Waals surface area contributed by atoms with Crippen LogP contribution >= 0.6 is 11.3 Å². The van der Waals surface area contributed by atoms with E-state index in [0.29, 0.717) is 0 Å². The molecule has 2 aromatic rings. The number of aryl methyl sites for hydroxylation is 2. The largest absolute Gasteiger partial charge is 0.359 e. The number of carbonyl (C=O) groups excluding carboxylic acids is 1. The van der Waals surface area contributed by atoms with Gasteiger partial charge in [0.2, 0.25) is 16.2 Å². The van der Waals surface area contributed by atoms with E-state index in [9.17, 15) is 4.79 Å². The molecule has 0 radical (unpaired) electrons. The van der Waals surface area contributed by atoms with Crippen LogP contribution in [0.2, 0.25) is 0 Å². The van der Waals surface area contributed by atoms with Crippen LogP contribution < -0.4 is 10.2 Å². The summed E-state index contributed by atoms with van der Waals surface area (Å²) >= 11 is 1.58. The van der Waals surface area contributed by atoms with Gasteiger partial charge in [0, 0.05) is 31.5 Å². The number of nitrogens with one attached hydrogen (secondary N) is 1. The Morgan fingerprint density at radius 3 is 2.64 bits per heavy atom. The molecule has 0 aromatic carbocycles. The van der Waals surface area contributed by atoms with Crippen molar-refractivity contribution < 1.29 is 4.79 Å². The van der Waals surface area contributed by atoms with Crippen molar-refractivity contribution in [1.82, 2.24) is 20.1 Å². The van der Waals surface area contributed by atoms with Crippen LogP contribution in [0.5, 0.6) is 0 Å². The Morgan fingerprint density at radius 2 is 1.95 bits per heavy atom. The second-order valence-electron chi connectivity index (χ2n) is 5.72. The first-order valence-electron chi connectivity index (χ1n) is 7.55. The van der Waals surface area contributed by atoms with Gasteiger partial charge in [-0.3, -0.25) is 9.36 Å². The molecule has 7 heteroatoms. The maximum atomic E-state index is 11.9. The predicted octanol–water partition coefficient (Wildman–Crippen LogP) is 1.91. The lowest BCUT2D eigenvalue weighted by atomic mass is 9.98. The third kappa shape index (κ3) is 2.72. The molecule has 6 nitrogen and oxygen atoms in total. The Hall–Kier alpha value is -1.89. The van der Waals surface area contributed by atoms with Crippen molar-refractivity contribution >= 4 is 22.4 Å². The molecule has 1 saturated heterocycles. The molecule has 0 unspecified atom stereocenters. The molecule has 1 aliphatic heterocycles. The molecule has 1 aliphatic rings. The van der Waals surface area contributed by atoms with Gasteiger partial charge in [-0.1, -0.05) is 11.3 Å². The summed E-state index contributed by atoms with van der Waals surface area (Å²) in [6.07, 6.45) is 1.95. The quantitative estimate of drug-likeness (QED) is 0.939. The molecule has 1 amide bonds. The first kappa shape index (κ1) is 15.0. The van der Waals surface area contributed by atoms with Gasteiger partial charge in [0.15, 0.2) is 0 Å². The third-order valence-electron chi connectivity index (χ3n) is 4.18. The van der Waals surface area contributed by atoms with Gasteiger partial charge in [-0.15, -0.1) is 10.2 Å². The van der Waals surface area contributed by atoms with Gasteiger partial charge >= 0.3 is 0 Å². The first-order valence-corrected chi connectivity index (χ1v) is 8.37. The molecule has 0 aliphatic carbocycles. The summed E-state index contributed by atoms with van der Waals surface area (Å²) < 4.78 is 2.11. The molecule has 2 aromatic heterocycles. The van der Waals surface area contributed by atoms with Gasteiger partial charge in [0.1, 0.15) is 0 Å². The summed E-state index contributed by atoms with van der Waals surface area (Å²) in [6, 6.07) is 4.16. The number of rotatable bonds is 3. The van der Waals surface area contributed by atoms with Gasteiger partial charge in [-0.05, 0) is 38.8 Å². The number of carbonyl (C=O) groups is 1. The van der Waals surface area contributed by atoms with Crippen LogP contribution in [0.1, 0.15) is 24.2 Å². The number of hydrogen-bond acceptors (Lipinski definition) is 5. The van der Waals surface area contributed by atoms with Crippen LogP contribution in [0.4, 0.5) is 5.13 Å². The second-order valence-corrected chi connectivity index (χ2v) is 6.65. The van der Waals surface area contributed by atoms with Crippen molar-refractivity contribution in [3.8, 4) is 5.13 Å². The molecular formula is C15H21N5OS. The highest BCUT2D eigenvalue weighted by Gasteiger charge is 2.27. The minimum absolute atomic E-state index is 0.0427. The molecule has 3 heterocycles. The van der Waals surface area contributed by atoms with E-state index in [1.165, 1.54) is 0 Å². The molecule has 0 spiro atoms. The van der Waals surface area contributed by atoms with Gasteiger partial charge < -0.3 is 10.2 Å². The molecule has 22 heavy (non-hydrogen) atoms. The predicted molar refractivity (Wildman–Crippen MR) is 87.7 cm³/mol. The van der Waals surface area contributed by atoms with Crippen LogP contribution in [0, 0.1) is 19.8 Å². The highest BCUT2D eigenvalue weighted by atomic mass is 32.1. The Labute approximate surface area is 134 Å². The zero-order valence-corrected chi connectivity index (χ0v) is 14.0. The summed E-state index contributed by atoms with van der Waals surface area (Å²) in [5.41, 5.74) is 2.31. The summed E-state index contributed by atoms with van der Waals surface area (Å²) in [7, 11) is 1.70. The van der Waals surface area contributed by atoms with E-state index in [-0.39, 0.29) is 11.8 Å². The topological polar surface area (TPSA) is 63.1 Å². The first-order chi connectivity index (χ1) is 10.6. The summed E-state index contributed by atoms with van der Waals surface area (Å²) in [4.78, 5) is 14.0. The van der Waals surface area contributed by atoms with E-state index < -0.39 is 0 Å². The zero-order valence-electron chi connectivity index (χ0n) is 13.2. The Balaban J connectivity index is 1.80. The van der Waals surface area contributed by atoms with Crippen molar-refractivity contribution in [3.63, 3.8) is 0 Å². The van der Waals surface area contributed by atoms with Crippen molar-refractivity contribution in [2.75, 3.05) is 25.0 Å². The molecule has 0 bridgehead atoms. The fraction of sp³-hybridized carbons (Fsp3) is 0.533. The van der Waals surface area contributed by atoms with Gasteiger partial charge in [-0.25, -0.2) is 0 Å². The van der Waals surface area contributed by atoms with E-state index >= 15 is 0 Å². The molecule has 3 rings (SSSR count). The Bertz CT molecular complexity index is 658. The van der Waals surface area contributed by atoms with Crippen molar-refractivity contribution in [2.45, 2.75) is 26.7 Å². The maximum Gasteiger partial charge on any atom is 0.224 e. The van der Waals surface area contributed by atoms with E-state index in [1.54, 1.807) is 18.4 Å². The second kappa shape index (κ2) is 6.08. The minimum Gasteiger partial charge on any atom is -0.359 e. The normalized spacial score (nSPS) is 18.5. The summed E-state index contributed by atoms with van der Waals surface area (Å²) in [5.74, 6) is 0.160. The third-order valence-corrected chi connectivity index (χ3v) is 5.14. The average molecular weight is 319 g/mol. The minimum atomic E-state index is 0.0427. The van der Waals surface area contributed by atoms with Gasteiger partial charge in [0.05, 0.1) is 5.92 Å². The number of piperidine rings is 1. The van der Waals surface area contributed by atoms with E-state index in [4.69, 9.17) is 0 Å².